The minimum Gasteiger partial charge on any atom is -0.325 e. The lowest BCUT2D eigenvalue weighted by molar-refractivity contribution is -0.115. The number of halogens is 3. The van der Waals surface area contributed by atoms with E-state index in [0.29, 0.717) is 10.6 Å². The third kappa shape index (κ3) is 6.26. The molecule has 0 aromatic heterocycles. The summed E-state index contributed by atoms with van der Waals surface area (Å²) in [5, 5.41) is 3.68. The topological polar surface area (TPSA) is 75.3 Å². The zero-order valence-corrected chi connectivity index (χ0v) is 14.2. The summed E-state index contributed by atoms with van der Waals surface area (Å²) in [5.41, 5.74) is 0.626. The van der Waals surface area contributed by atoms with Crippen molar-refractivity contribution in [2.75, 3.05) is 11.9 Å². The molecule has 1 amide bonds. The highest BCUT2D eigenvalue weighted by Crippen LogP contribution is 2.13. The SMILES string of the molecule is O=C(CNS(=O)(=O)/C=C/c1ccc(Cl)cc1)Nc1ccc(F)c(F)c1. The van der Waals surface area contributed by atoms with Crippen molar-refractivity contribution in [1.82, 2.24) is 4.72 Å². The van der Waals surface area contributed by atoms with Gasteiger partial charge in [-0.15, -0.1) is 0 Å². The number of rotatable bonds is 6. The summed E-state index contributed by atoms with van der Waals surface area (Å²) in [6, 6.07) is 9.28. The molecule has 0 saturated heterocycles. The van der Waals surface area contributed by atoms with Gasteiger partial charge in [-0.05, 0) is 35.9 Å². The average Bonchev–Trinajstić information content (AvgIpc) is 2.56. The average molecular weight is 387 g/mol. The van der Waals surface area contributed by atoms with Gasteiger partial charge in [0.1, 0.15) is 0 Å². The van der Waals surface area contributed by atoms with Crippen molar-refractivity contribution in [1.29, 1.82) is 0 Å². The van der Waals surface area contributed by atoms with Crippen LogP contribution in [0.1, 0.15) is 5.56 Å². The summed E-state index contributed by atoms with van der Waals surface area (Å²) < 4.78 is 51.5. The molecular weight excluding hydrogens is 374 g/mol. The molecule has 0 radical (unpaired) electrons. The lowest BCUT2D eigenvalue weighted by atomic mass is 10.2. The molecule has 132 valence electrons. The Morgan fingerprint density at radius 1 is 1.08 bits per heavy atom. The van der Waals surface area contributed by atoms with Gasteiger partial charge in [-0.1, -0.05) is 23.7 Å². The van der Waals surface area contributed by atoms with E-state index in [0.717, 1.165) is 23.6 Å². The first-order chi connectivity index (χ1) is 11.7. The zero-order valence-electron chi connectivity index (χ0n) is 12.7. The fraction of sp³-hybridized carbons (Fsp3) is 0.0625. The van der Waals surface area contributed by atoms with E-state index in [2.05, 4.69) is 10.0 Å². The van der Waals surface area contributed by atoms with Crippen molar-refractivity contribution in [2.24, 2.45) is 0 Å². The van der Waals surface area contributed by atoms with Crippen LogP contribution in [0.15, 0.2) is 47.9 Å². The largest absolute Gasteiger partial charge is 0.325 e. The van der Waals surface area contributed by atoms with Gasteiger partial charge in [-0.2, -0.15) is 0 Å². The molecular formula is C16H13ClF2N2O3S. The van der Waals surface area contributed by atoms with Crippen LogP contribution in [0, 0.1) is 11.6 Å². The number of sulfonamides is 1. The van der Waals surface area contributed by atoms with Crippen LogP contribution >= 0.6 is 11.6 Å². The van der Waals surface area contributed by atoms with Gasteiger partial charge in [0.2, 0.25) is 15.9 Å². The first kappa shape index (κ1) is 19.0. The van der Waals surface area contributed by atoms with Crippen LogP contribution < -0.4 is 10.0 Å². The van der Waals surface area contributed by atoms with Crippen molar-refractivity contribution < 1.29 is 22.0 Å². The molecule has 0 bridgehead atoms. The molecule has 0 atom stereocenters. The molecule has 0 aliphatic heterocycles. The van der Waals surface area contributed by atoms with Gasteiger partial charge in [0.25, 0.3) is 0 Å². The van der Waals surface area contributed by atoms with Gasteiger partial charge in [-0.25, -0.2) is 21.9 Å². The van der Waals surface area contributed by atoms with Gasteiger partial charge in [-0.3, -0.25) is 4.79 Å². The Morgan fingerprint density at radius 3 is 2.40 bits per heavy atom. The Morgan fingerprint density at radius 2 is 1.76 bits per heavy atom. The highest BCUT2D eigenvalue weighted by molar-refractivity contribution is 7.92. The second-order valence-corrected chi connectivity index (χ2v) is 6.98. The van der Waals surface area contributed by atoms with Crippen LogP contribution in [-0.4, -0.2) is 20.9 Å². The number of anilines is 1. The van der Waals surface area contributed by atoms with E-state index in [9.17, 15) is 22.0 Å². The van der Waals surface area contributed by atoms with E-state index in [-0.39, 0.29) is 5.69 Å². The molecule has 0 spiro atoms. The highest BCUT2D eigenvalue weighted by atomic mass is 35.5. The number of benzene rings is 2. The third-order valence-corrected chi connectivity index (χ3v) is 4.24. The molecule has 25 heavy (non-hydrogen) atoms. The third-order valence-electron chi connectivity index (χ3n) is 2.95. The maximum Gasteiger partial charge on any atom is 0.239 e. The first-order valence-corrected chi connectivity index (χ1v) is 8.86. The van der Waals surface area contributed by atoms with Crippen molar-refractivity contribution in [3.05, 3.63) is 70.1 Å². The molecule has 2 aromatic carbocycles. The summed E-state index contributed by atoms with van der Waals surface area (Å²) in [7, 11) is -3.85. The van der Waals surface area contributed by atoms with E-state index in [1.807, 2.05) is 0 Å². The summed E-state index contributed by atoms with van der Waals surface area (Å²) in [4.78, 5) is 11.7. The molecule has 2 aromatic rings. The number of carbonyl (C=O) groups is 1. The van der Waals surface area contributed by atoms with Crippen LogP contribution in [0.2, 0.25) is 5.02 Å². The van der Waals surface area contributed by atoms with Crippen molar-refractivity contribution in [2.45, 2.75) is 0 Å². The Hall–Kier alpha value is -2.29. The van der Waals surface area contributed by atoms with Gasteiger partial charge in [0.05, 0.1) is 6.54 Å². The minimum absolute atomic E-state index is 0.0137. The fourth-order valence-electron chi connectivity index (χ4n) is 1.74. The fourth-order valence-corrected chi connectivity index (χ4v) is 2.63. The lowest BCUT2D eigenvalue weighted by Gasteiger charge is -2.06. The van der Waals surface area contributed by atoms with Crippen LogP contribution in [0.5, 0.6) is 0 Å². The summed E-state index contributed by atoms with van der Waals surface area (Å²) in [6.07, 6.45) is 1.34. The number of amides is 1. The van der Waals surface area contributed by atoms with Crippen LogP contribution in [-0.2, 0) is 14.8 Å². The molecule has 5 nitrogen and oxygen atoms in total. The molecule has 0 saturated carbocycles. The molecule has 2 rings (SSSR count). The summed E-state index contributed by atoms with van der Waals surface area (Å²) in [5.74, 6) is -2.90. The number of hydrogen-bond acceptors (Lipinski definition) is 3. The van der Waals surface area contributed by atoms with Gasteiger partial charge in [0.15, 0.2) is 11.6 Å². The van der Waals surface area contributed by atoms with E-state index in [1.165, 1.54) is 6.08 Å². The first-order valence-electron chi connectivity index (χ1n) is 6.93. The quantitative estimate of drug-likeness (QED) is 0.800. The van der Waals surface area contributed by atoms with Crippen molar-refractivity contribution in [3.8, 4) is 0 Å². The van der Waals surface area contributed by atoms with Gasteiger partial charge in [0, 0.05) is 22.2 Å². The molecule has 0 aliphatic carbocycles. The summed E-state index contributed by atoms with van der Waals surface area (Å²) in [6.45, 7) is -0.563. The molecule has 0 aliphatic rings. The Balaban J connectivity index is 1.91. The number of nitrogens with one attached hydrogen (secondary N) is 2. The highest BCUT2D eigenvalue weighted by Gasteiger charge is 2.10. The second-order valence-electron chi connectivity index (χ2n) is 4.90. The standard InChI is InChI=1S/C16H13ClF2N2O3S/c17-12-3-1-11(2-4-12)7-8-25(23,24)20-10-16(22)21-13-5-6-14(18)15(19)9-13/h1-9,20H,10H2,(H,21,22)/b8-7+. The maximum atomic E-state index is 13.0. The molecule has 2 N–H and O–H groups in total. The summed E-state index contributed by atoms with van der Waals surface area (Å²) >= 11 is 5.73. The minimum atomic E-state index is -3.85. The van der Waals surface area contributed by atoms with Gasteiger partial charge < -0.3 is 5.32 Å². The van der Waals surface area contributed by atoms with E-state index in [4.69, 9.17) is 11.6 Å². The zero-order chi connectivity index (χ0) is 18.4. The predicted molar refractivity (Wildman–Crippen MR) is 92.4 cm³/mol. The Bertz CT molecular complexity index is 900. The molecule has 0 unspecified atom stereocenters. The van der Waals surface area contributed by atoms with Crippen molar-refractivity contribution in [3.63, 3.8) is 0 Å². The monoisotopic (exact) mass is 386 g/mol. The van der Waals surface area contributed by atoms with Gasteiger partial charge >= 0.3 is 0 Å². The maximum absolute atomic E-state index is 13.0. The van der Waals surface area contributed by atoms with Crippen LogP contribution in [0.3, 0.4) is 0 Å². The molecule has 0 heterocycles. The predicted octanol–water partition coefficient (Wildman–Crippen LogP) is 3.15. The smallest absolute Gasteiger partial charge is 0.239 e. The number of hydrogen-bond donors (Lipinski definition) is 2. The Kier molecular flexibility index (Phi) is 6.24. The van der Waals surface area contributed by atoms with Crippen molar-refractivity contribution >= 4 is 39.3 Å². The van der Waals surface area contributed by atoms with Crippen LogP contribution in [0.25, 0.3) is 6.08 Å². The lowest BCUT2D eigenvalue weighted by Crippen LogP contribution is -2.31. The molecule has 9 heteroatoms. The van der Waals surface area contributed by atoms with E-state index < -0.39 is 34.1 Å². The van der Waals surface area contributed by atoms with E-state index >= 15 is 0 Å². The van der Waals surface area contributed by atoms with E-state index in [1.54, 1.807) is 24.3 Å². The Labute approximate surface area is 148 Å². The second kappa shape index (κ2) is 8.19. The normalized spacial score (nSPS) is 11.6. The number of carbonyl (C=O) groups excluding carboxylic acids is 1. The van der Waals surface area contributed by atoms with Crippen LogP contribution in [0.4, 0.5) is 14.5 Å². The molecule has 0 fully saturated rings.